The van der Waals surface area contributed by atoms with Gasteiger partial charge in [0, 0.05) is 19.1 Å². The molecule has 2 atom stereocenters. The molecule has 0 aromatic heterocycles. The monoisotopic (exact) mass is 327 g/mol. The second-order valence-electron chi connectivity index (χ2n) is 4.55. The molecule has 8 heteroatoms. The molecule has 0 fully saturated rings. The summed E-state index contributed by atoms with van der Waals surface area (Å²) in [6.07, 6.45) is -0.925. The van der Waals surface area contributed by atoms with Gasteiger partial charge in [0.15, 0.2) is 18.2 Å². The minimum atomic E-state index is -1.15. The number of hydrogen-bond donors (Lipinski definition) is 0. The lowest BCUT2D eigenvalue weighted by Crippen LogP contribution is -2.27. The molecule has 0 bridgehead atoms. The molecule has 2 unspecified atom stereocenters. The average Bonchev–Trinajstić information content (AvgIpc) is 2.46. The predicted molar refractivity (Wildman–Crippen MR) is 77.7 cm³/mol. The lowest BCUT2D eigenvalue weighted by molar-refractivity contribution is -0.384. The molecule has 0 aliphatic rings. The maximum Gasteiger partial charge on any atom is 0.303 e. The molecule has 0 N–H and O–H groups in total. The first-order valence-corrected chi connectivity index (χ1v) is 6.79. The van der Waals surface area contributed by atoms with Crippen molar-refractivity contribution in [3.05, 3.63) is 39.9 Å². The van der Waals surface area contributed by atoms with E-state index in [1.54, 1.807) is 0 Å². The Bertz CT molecular complexity index is 571. The maximum absolute atomic E-state index is 11.9. The van der Waals surface area contributed by atoms with Crippen molar-refractivity contribution >= 4 is 35.3 Å². The van der Waals surface area contributed by atoms with E-state index in [0.29, 0.717) is 11.8 Å². The second kappa shape index (κ2) is 8.23. The number of nitro benzene ring substituents is 1. The van der Waals surface area contributed by atoms with Gasteiger partial charge in [0.2, 0.25) is 0 Å². The number of esters is 1. The van der Waals surface area contributed by atoms with Crippen molar-refractivity contribution in [2.24, 2.45) is 0 Å². The summed E-state index contributed by atoms with van der Waals surface area (Å²) in [5.74, 6) is -1.11. The molecule has 0 heterocycles. The predicted octanol–water partition coefficient (Wildman–Crippen LogP) is 1.83. The van der Waals surface area contributed by atoms with Gasteiger partial charge in [-0.15, -0.1) is 11.6 Å². The number of hydrogen-bond acceptors (Lipinski definition) is 6. The highest BCUT2D eigenvalue weighted by Crippen LogP contribution is 2.16. The summed E-state index contributed by atoms with van der Waals surface area (Å²) < 4.78 is 4.65. The smallest absolute Gasteiger partial charge is 0.303 e. The van der Waals surface area contributed by atoms with E-state index < -0.39 is 28.2 Å². The summed E-state index contributed by atoms with van der Waals surface area (Å²) >= 11 is 5.97. The molecule has 0 aliphatic heterocycles. The highest BCUT2D eigenvalue weighted by atomic mass is 35.5. The van der Waals surface area contributed by atoms with E-state index in [1.165, 1.54) is 24.3 Å². The second-order valence-corrected chi connectivity index (χ2v) is 5.08. The number of ether oxygens (including phenoxy) is 1. The van der Waals surface area contributed by atoms with Crippen molar-refractivity contribution in [1.82, 2.24) is 0 Å². The number of alkyl halides is 1. The molecule has 118 valence electrons. The molecule has 0 amide bonds. The Hall–Kier alpha value is -2.28. The Balaban J connectivity index is 2.61. The van der Waals surface area contributed by atoms with Gasteiger partial charge >= 0.3 is 5.97 Å². The Labute approximate surface area is 131 Å². The molecule has 0 spiro atoms. The van der Waals surface area contributed by atoms with Crippen LogP contribution in [-0.2, 0) is 25.5 Å². The summed E-state index contributed by atoms with van der Waals surface area (Å²) in [5, 5.41) is 9.62. The van der Waals surface area contributed by atoms with Gasteiger partial charge < -0.3 is 4.74 Å². The number of ketones is 1. The molecule has 0 aliphatic carbocycles. The van der Waals surface area contributed by atoms with Crippen LogP contribution in [0.3, 0.4) is 0 Å². The van der Waals surface area contributed by atoms with Crippen molar-refractivity contribution in [2.75, 3.05) is 0 Å². The number of Topliss-reactive ketones (excluding diaryl/α,β-unsaturated/α-hetero) is 1. The fraction of sp³-hybridized carbons (Fsp3) is 0.357. The van der Waals surface area contributed by atoms with Crippen LogP contribution in [0, 0.1) is 10.1 Å². The lowest BCUT2D eigenvalue weighted by Gasteiger charge is -2.13. The van der Waals surface area contributed by atoms with E-state index in [0.717, 1.165) is 6.92 Å². The standard InChI is InChI=1S/C14H14ClNO6/c1-9(18)22-12(8-17)7-14(19)13(15)6-10-2-4-11(5-3-10)16(20)21/h2-5,8,12-13H,6-7H2,1H3. The number of benzene rings is 1. The zero-order chi connectivity index (χ0) is 16.7. The van der Waals surface area contributed by atoms with Crippen molar-refractivity contribution in [3.8, 4) is 0 Å². The molecule has 1 aromatic rings. The summed E-state index contributed by atoms with van der Waals surface area (Å²) in [6, 6.07) is 5.64. The van der Waals surface area contributed by atoms with Gasteiger partial charge in [-0.05, 0) is 12.0 Å². The zero-order valence-corrected chi connectivity index (χ0v) is 12.5. The minimum absolute atomic E-state index is 0.0583. The number of non-ortho nitro benzene ring substituents is 1. The number of nitrogens with zero attached hydrogens (tertiary/aromatic N) is 1. The third-order valence-electron chi connectivity index (χ3n) is 2.78. The van der Waals surface area contributed by atoms with Crippen molar-refractivity contribution in [3.63, 3.8) is 0 Å². The number of halogens is 1. The third-order valence-corrected chi connectivity index (χ3v) is 3.18. The number of nitro groups is 1. The van der Waals surface area contributed by atoms with E-state index in [2.05, 4.69) is 4.74 Å². The van der Waals surface area contributed by atoms with Gasteiger partial charge in [0.25, 0.3) is 5.69 Å². The number of rotatable bonds is 8. The Kier molecular flexibility index (Phi) is 6.65. The van der Waals surface area contributed by atoms with E-state index >= 15 is 0 Å². The van der Waals surface area contributed by atoms with Crippen molar-refractivity contribution in [2.45, 2.75) is 31.2 Å². The average molecular weight is 328 g/mol. The molecule has 7 nitrogen and oxygen atoms in total. The van der Waals surface area contributed by atoms with E-state index in [4.69, 9.17) is 11.6 Å². The topological polar surface area (TPSA) is 104 Å². The zero-order valence-electron chi connectivity index (χ0n) is 11.7. The fourth-order valence-corrected chi connectivity index (χ4v) is 2.00. The molecule has 22 heavy (non-hydrogen) atoms. The highest BCUT2D eigenvalue weighted by molar-refractivity contribution is 6.31. The first-order chi connectivity index (χ1) is 10.3. The van der Waals surface area contributed by atoms with Crippen LogP contribution in [0.4, 0.5) is 5.69 Å². The van der Waals surface area contributed by atoms with Gasteiger partial charge in [0.05, 0.1) is 16.7 Å². The van der Waals surface area contributed by atoms with Crippen LogP contribution in [0.2, 0.25) is 0 Å². The maximum atomic E-state index is 11.9. The van der Waals surface area contributed by atoms with Gasteiger partial charge in [-0.1, -0.05) is 12.1 Å². The number of carbonyl (C=O) groups is 3. The van der Waals surface area contributed by atoms with Gasteiger partial charge in [0.1, 0.15) is 0 Å². The third kappa shape index (κ3) is 5.61. The first-order valence-electron chi connectivity index (χ1n) is 6.36. The van der Waals surface area contributed by atoms with Crippen molar-refractivity contribution < 1.29 is 24.0 Å². The first kappa shape index (κ1) is 17.8. The largest absolute Gasteiger partial charge is 0.454 e. The molecule has 0 saturated carbocycles. The lowest BCUT2D eigenvalue weighted by atomic mass is 10.0. The SMILES string of the molecule is CC(=O)OC(C=O)CC(=O)C(Cl)Cc1ccc([N+](=O)[O-])cc1. The summed E-state index contributed by atoms with van der Waals surface area (Å²) in [4.78, 5) is 43.4. The quantitative estimate of drug-likeness (QED) is 0.237. The fourth-order valence-electron chi connectivity index (χ4n) is 1.73. The van der Waals surface area contributed by atoms with Crippen LogP contribution < -0.4 is 0 Å². The van der Waals surface area contributed by atoms with Crippen LogP contribution in [0.5, 0.6) is 0 Å². The number of carbonyl (C=O) groups excluding carboxylic acids is 3. The molecule has 0 radical (unpaired) electrons. The van der Waals surface area contributed by atoms with Crippen LogP contribution in [0.25, 0.3) is 0 Å². The summed E-state index contributed by atoms with van der Waals surface area (Å²) in [5.41, 5.74) is 0.589. The van der Waals surface area contributed by atoms with Crippen LogP contribution >= 0.6 is 11.6 Å². The Morgan fingerprint density at radius 2 is 1.95 bits per heavy atom. The minimum Gasteiger partial charge on any atom is -0.454 e. The van der Waals surface area contributed by atoms with Gasteiger partial charge in [-0.2, -0.15) is 0 Å². The van der Waals surface area contributed by atoms with Crippen LogP contribution in [-0.4, -0.2) is 34.4 Å². The van der Waals surface area contributed by atoms with Gasteiger partial charge in [-0.25, -0.2) is 0 Å². The molecule has 0 saturated heterocycles. The normalized spacial score (nSPS) is 13.0. The van der Waals surface area contributed by atoms with E-state index in [9.17, 15) is 24.5 Å². The number of aldehydes is 1. The summed E-state index contributed by atoms with van der Waals surface area (Å²) in [7, 11) is 0. The van der Waals surface area contributed by atoms with E-state index in [1.807, 2.05) is 0 Å². The van der Waals surface area contributed by atoms with E-state index in [-0.39, 0.29) is 18.5 Å². The molecule has 1 rings (SSSR count). The Morgan fingerprint density at radius 3 is 2.41 bits per heavy atom. The molecular weight excluding hydrogens is 314 g/mol. The Morgan fingerprint density at radius 1 is 1.36 bits per heavy atom. The highest BCUT2D eigenvalue weighted by Gasteiger charge is 2.22. The van der Waals surface area contributed by atoms with Crippen LogP contribution in [0.15, 0.2) is 24.3 Å². The van der Waals surface area contributed by atoms with Crippen LogP contribution in [0.1, 0.15) is 18.9 Å². The van der Waals surface area contributed by atoms with Crippen molar-refractivity contribution in [1.29, 1.82) is 0 Å². The molecular formula is C14H14ClNO6. The molecule has 1 aromatic carbocycles. The van der Waals surface area contributed by atoms with Gasteiger partial charge in [-0.3, -0.25) is 24.5 Å². The summed E-state index contributed by atoms with van der Waals surface area (Å²) in [6.45, 7) is 1.13.